The number of hydrogen-bond donors (Lipinski definition) is 3. The fourth-order valence-electron chi connectivity index (χ4n) is 1.22. The molecule has 0 heterocycles. The minimum Gasteiger partial charge on any atom is -0.508 e. The fourth-order valence-corrected chi connectivity index (χ4v) is 1.22. The summed E-state index contributed by atoms with van der Waals surface area (Å²) in [4.78, 5) is 11.7. The van der Waals surface area contributed by atoms with Crippen molar-refractivity contribution in [2.45, 2.75) is 19.9 Å². The second-order valence-corrected chi connectivity index (χ2v) is 3.51. The number of hydrogen-bond acceptors (Lipinski definition) is 3. The van der Waals surface area contributed by atoms with E-state index in [1.807, 2.05) is 0 Å². The summed E-state index contributed by atoms with van der Waals surface area (Å²) in [6, 6.07) is 4.48. The van der Waals surface area contributed by atoms with Gasteiger partial charge in [0.05, 0.1) is 6.61 Å². The standard InChI is InChI=1S/C11H15NO3/c1-7(6-13)12-11(15)9-4-3-5-10(14)8(9)2/h3-5,7,13-14H,6H2,1-2H3,(H,12,15)/t7-/m1/s1. The Morgan fingerprint density at radius 1 is 1.53 bits per heavy atom. The molecular formula is C11H15NO3. The van der Waals surface area contributed by atoms with E-state index in [9.17, 15) is 9.90 Å². The van der Waals surface area contributed by atoms with Gasteiger partial charge in [-0.05, 0) is 26.0 Å². The van der Waals surface area contributed by atoms with Gasteiger partial charge in [-0.15, -0.1) is 0 Å². The Balaban J connectivity index is 2.87. The van der Waals surface area contributed by atoms with E-state index in [2.05, 4.69) is 5.32 Å². The number of carbonyl (C=O) groups excluding carboxylic acids is 1. The second kappa shape index (κ2) is 4.79. The van der Waals surface area contributed by atoms with E-state index in [0.29, 0.717) is 11.1 Å². The quantitative estimate of drug-likeness (QED) is 0.690. The van der Waals surface area contributed by atoms with Gasteiger partial charge in [0.1, 0.15) is 5.75 Å². The lowest BCUT2D eigenvalue weighted by Crippen LogP contribution is -2.35. The summed E-state index contributed by atoms with van der Waals surface area (Å²) in [7, 11) is 0. The van der Waals surface area contributed by atoms with Gasteiger partial charge in [-0.1, -0.05) is 6.07 Å². The molecule has 4 heteroatoms. The Morgan fingerprint density at radius 2 is 2.20 bits per heavy atom. The molecule has 0 fully saturated rings. The van der Waals surface area contributed by atoms with Gasteiger partial charge in [0, 0.05) is 17.2 Å². The lowest BCUT2D eigenvalue weighted by Gasteiger charge is -2.12. The molecule has 0 aliphatic heterocycles. The maximum Gasteiger partial charge on any atom is 0.251 e. The Bertz CT molecular complexity index is 363. The van der Waals surface area contributed by atoms with Gasteiger partial charge >= 0.3 is 0 Å². The third kappa shape index (κ3) is 2.70. The topological polar surface area (TPSA) is 69.6 Å². The monoisotopic (exact) mass is 209 g/mol. The first-order valence-corrected chi connectivity index (χ1v) is 4.76. The average molecular weight is 209 g/mol. The van der Waals surface area contributed by atoms with Crippen molar-refractivity contribution in [3.8, 4) is 5.75 Å². The maximum atomic E-state index is 11.7. The van der Waals surface area contributed by atoms with Crippen LogP contribution in [0.5, 0.6) is 5.75 Å². The summed E-state index contributed by atoms with van der Waals surface area (Å²) in [6.07, 6.45) is 0. The zero-order chi connectivity index (χ0) is 11.4. The molecule has 0 saturated heterocycles. The van der Waals surface area contributed by atoms with Crippen LogP contribution in [0.3, 0.4) is 0 Å². The summed E-state index contributed by atoms with van der Waals surface area (Å²) in [5.41, 5.74) is 0.968. The predicted molar refractivity (Wildman–Crippen MR) is 56.9 cm³/mol. The molecule has 15 heavy (non-hydrogen) atoms. The molecule has 0 bridgehead atoms. The third-order valence-corrected chi connectivity index (χ3v) is 2.20. The van der Waals surface area contributed by atoms with Gasteiger partial charge in [-0.3, -0.25) is 4.79 Å². The van der Waals surface area contributed by atoms with Crippen molar-refractivity contribution in [1.29, 1.82) is 0 Å². The molecule has 4 nitrogen and oxygen atoms in total. The van der Waals surface area contributed by atoms with Crippen molar-refractivity contribution in [2.75, 3.05) is 6.61 Å². The zero-order valence-corrected chi connectivity index (χ0v) is 8.82. The highest BCUT2D eigenvalue weighted by molar-refractivity contribution is 5.96. The second-order valence-electron chi connectivity index (χ2n) is 3.51. The Labute approximate surface area is 88.6 Å². The number of aliphatic hydroxyl groups is 1. The summed E-state index contributed by atoms with van der Waals surface area (Å²) < 4.78 is 0. The van der Waals surface area contributed by atoms with Gasteiger partial charge in [0.2, 0.25) is 0 Å². The SMILES string of the molecule is Cc1c(O)cccc1C(=O)N[C@H](C)CO. The van der Waals surface area contributed by atoms with E-state index >= 15 is 0 Å². The van der Waals surface area contributed by atoms with Crippen molar-refractivity contribution in [2.24, 2.45) is 0 Å². The molecule has 1 amide bonds. The molecule has 0 aliphatic rings. The summed E-state index contributed by atoms with van der Waals surface area (Å²) in [5, 5.41) is 20.8. The molecule has 0 aromatic heterocycles. The van der Waals surface area contributed by atoms with Crippen LogP contribution in [0.15, 0.2) is 18.2 Å². The molecule has 1 rings (SSSR count). The van der Waals surface area contributed by atoms with E-state index in [1.54, 1.807) is 26.0 Å². The highest BCUT2D eigenvalue weighted by Crippen LogP contribution is 2.19. The normalized spacial score (nSPS) is 12.2. The highest BCUT2D eigenvalue weighted by Gasteiger charge is 2.12. The molecule has 82 valence electrons. The van der Waals surface area contributed by atoms with Crippen LogP contribution in [-0.4, -0.2) is 28.8 Å². The average Bonchev–Trinajstić information content (AvgIpc) is 2.21. The van der Waals surface area contributed by atoms with Crippen LogP contribution in [0, 0.1) is 6.92 Å². The van der Waals surface area contributed by atoms with E-state index in [4.69, 9.17) is 5.11 Å². The molecule has 0 saturated carbocycles. The van der Waals surface area contributed by atoms with E-state index in [0.717, 1.165) is 0 Å². The molecule has 1 aromatic rings. The van der Waals surface area contributed by atoms with Crippen LogP contribution in [-0.2, 0) is 0 Å². The lowest BCUT2D eigenvalue weighted by atomic mass is 10.1. The van der Waals surface area contributed by atoms with Gasteiger partial charge in [-0.2, -0.15) is 0 Å². The number of rotatable bonds is 3. The maximum absolute atomic E-state index is 11.7. The predicted octanol–water partition coefficient (Wildman–Crippen LogP) is 0.811. The molecule has 3 N–H and O–H groups in total. The number of aromatic hydroxyl groups is 1. The zero-order valence-electron chi connectivity index (χ0n) is 8.82. The molecule has 0 spiro atoms. The number of benzene rings is 1. The number of phenols is 1. The van der Waals surface area contributed by atoms with Gasteiger partial charge in [-0.25, -0.2) is 0 Å². The first kappa shape index (κ1) is 11.5. The largest absolute Gasteiger partial charge is 0.508 e. The van der Waals surface area contributed by atoms with E-state index in [-0.39, 0.29) is 24.3 Å². The number of nitrogens with one attached hydrogen (secondary N) is 1. The molecular weight excluding hydrogens is 194 g/mol. The van der Waals surface area contributed by atoms with E-state index < -0.39 is 0 Å². The minimum atomic E-state index is -0.292. The molecule has 1 atom stereocenters. The fraction of sp³-hybridized carbons (Fsp3) is 0.364. The van der Waals surface area contributed by atoms with Crippen molar-refractivity contribution < 1.29 is 15.0 Å². The Kier molecular flexibility index (Phi) is 3.68. The summed E-state index contributed by atoms with van der Waals surface area (Å²) in [5.74, 6) is -0.191. The number of aliphatic hydroxyl groups excluding tert-OH is 1. The van der Waals surface area contributed by atoms with Crippen molar-refractivity contribution in [3.63, 3.8) is 0 Å². The van der Waals surface area contributed by atoms with Crippen LogP contribution in [0.1, 0.15) is 22.8 Å². The Hall–Kier alpha value is -1.55. The van der Waals surface area contributed by atoms with Crippen molar-refractivity contribution in [1.82, 2.24) is 5.32 Å². The number of amides is 1. The molecule has 0 unspecified atom stereocenters. The molecule has 0 aliphatic carbocycles. The van der Waals surface area contributed by atoms with Crippen LogP contribution >= 0.6 is 0 Å². The summed E-state index contributed by atoms with van der Waals surface area (Å²) >= 11 is 0. The highest BCUT2D eigenvalue weighted by atomic mass is 16.3. The van der Waals surface area contributed by atoms with Crippen LogP contribution in [0.25, 0.3) is 0 Å². The Morgan fingerprint density at radius 3 is 2.80 bits per heavy atom. The summed E-state index contributed by atoms with van der Waals surface area (Å²) in [6.45, 7) is 3.27. The smallest absolute Gasteiger partial charge is 0.251 e. The lowest BCUT2D eigenvalue weighted by molar-refractivity contribution is 0.0921. The third-order valence-electron chi connectivity index (χ3n) is 2.20. The minimum absolute atomic E-state index is 0.0966. The van der Waals surface area contributed by atoms with Crippen LogP contribution in [0.4, 0.5) is 0 Å². The van der Waals surface area contributed by atoms with Crippen molar-refractivity contribution >= 4 is 5.91 Å². The number of carbonyl (C=O) groups is 1. The van der Waals surface area contributed by atoms with Gasteiger partial charge in [0.25, 0.3) is 5.91 Å². The number of phenolic OH excluding ortho intramolecular Hbond substituents is 1. The first-order valence-electron chi connectivity index (χ1n) is 4.76. The van der Waals surface area contributed by atoms with Crippen molar-refractivity contribution in [3.05, 3.63) is 29.3 Å². The van der Waals surface area contributed by atoms with Crippen LogP contribution in [0.2, 0.25) is 0 Å². The van der Waals surface area contributed by atoms with Gasteiger partial charge < -0.3 is 15.5 Å². The molecule has 0 radical (unpaired) electrons. The van der Waals surface area contributed by atoms with Crippen LogP contribution < -0.4 is 5.32 Å². The molecule has 1 aromatic carbocycles. The first-order chi connectivity index (χ1) is 7.06. The van der Waals surface area contributed by atoms with E-state index in [1.165, 1.54) is 6.07 Å². The van der Waals surface area contributed by atoms with Gasteiger partial charge in [0.15, 0.2) is 0 Å².